The van der Waals surface area contributed by atoms with Crippen LogP contribution in [-0.2, 0) is 9.59 Å². The lowest BCUT2D eigenvalue weighted by molar-refractivity contribution is -0.122. The van der Waals surface area contributed by atoms with Gasteiger partial charge in [-0.15, -0.1) is 0 Å². The third-order valence-electron chi connectivity index (χ3n) is 2.82. The van der Waals surface area contributed by atoms with Crippen LogP contribution in [0.2, 0.25) is 0 Å². The summed E-state index contributed by atoms with van der Waals surface area (Å²) in [6.07, 6.45) is 0.611. The van der Waals surface area contributed by atoms with Crippen molar-refractivity contribution in [2.45, 2.75) is 18.9 Å². The Morgan fingerprint density at radius 3 is 2.79 bits per heavy atom. The Morgan fingerprint density at radius 2 is 2.16 bits per heavy atom. The molecule has 0 saturated carbocycles. The quantitative estimate of drug-likeness (QED) is 0.654. The average molecular weight is 263 g/mol. The Balaban J connectivity index is 1.66. The Hall–Kier alpha value is -2.24. The number of hydrogen-bond donors (Lipinski definition) is 3. The third-order valence-corrected chi connectivity index (χ3v) is 2.82. The molecule has 1 heterocycles. The SMILES string of the molecule is Nc1ccc(OCCC(=O)NC2CNC(=O)C2)cc1. The average Bonchev–Trinajstić information content (AvgIpc) is 2.77. The van der Waals surface area contributed by atoms with Crippen molar-refractivity contribution < 1.29 is 14.3 Å². The summed E-state index contributed by atoms with van der Waals surface area (Å²) in [6.45, 7) is 0.799. The highest BCUT2D eigenvalue weighted by atomic mass is 16.5. The maximum Gasteiger partial charge on any atom is 0.223 e. The van der Waals surface area contributed by atoms with Gasteiger partial charge in [0.2, 0.25) is 11.8 Å². The summed E-state index contributed by atoms with van der Waals surface area (Å²) in [5.74, 6) is 0.542. The van der Waals surface area contributed by atoms with Crippen LogP contribution in [0.3, 0.4) is 0 Å². The van der Waals surface area contributed by atoms with Gasteiger partial charge in [-0.05, 0) is 24.3 Å². The molecule has 0 aromatic heterocycles. The van der Waals surface area contributed by atoms with Gasteiger partial charge in [-0.3, -0.25) is 9.59 Å². The van der Waals surface area contributed by atoms with Crippen molar-refractivity contribution in [2.75, 3.05) is 18.9 Å². The van der Waals surface area contributed by atoms with E-state index in [0.717, 1.165) is 0 Å². The van der Waals surface area contributed by atoms with Crippen LogP contribution in [0, 0.1) is 0 Å². The van der Waals surface area contributed by atoms with Crippen molar-refractivity contribution in [3.05, 3.63) is 24.3 Å². The van der Waals surface area contributed by atoms with Crippen molar-refractivity contribution in [1.82, 2.24) is 10.6 Å². The number of ether oxygens (including phenoxy) is 1. The molecule has 1 atom stereocenters. The molecule has 1 fully saturated rings. The van der Waals surface area contributed by atoms with Crippen molar-refractivity contribution in [3.63, 3.8) is 0 Å². The number of amides is 2. The second-order valence-corrected chi connectivity index (χ2v) is 4.44. The summed E-state index contributed by atoms with van der Waals surface area (Å²) in [4.78, 5) is 22.6. The van der Waals surface area contributed by atoms with Crippen molar-refractivity contribution in [3.8, 4) is 5.75 Å². The number of carbonyl (C=O) groups is 2. The summed E-state index contributed by atoms with van der Waals surface area (Å²) in [5, 5.41) is 5.45. The third kappa shape index (κ3) is 4.17. The van der Waals surface area contributed by atoms with Gasteiger partial charge in [0, 0.05) is 18.7 Å². The summed E-state index contributed by atoms with van der Waals surface area (Å²) in [5.41, 5.74) is 6.22. The maximum absolute atomic E-state index is 11.6. The molecule has 1 aromatic rings. The standard InChI is InChI=1S/C13H17N3O3/c14-9-1-3-11(4-2-9)19-6-5-12(17)16-10-7-13(18)15-8-10/h1-4,10H,5-8,14H2,(H,15,18)(H,16,17). The highest BCUT2D eigenvalue weighted by Gasteiger charge is 2.22. The Bertz CT molecular complexity index is 459. The Labute approximate surface area is 111 Å². The van der Waals surface area contributed by atoms with E-state index in [4.69, 9.17) is 10.5 Å². The van der Waals surface area contributed by atoms with E-state index in [1.807, 2.05) is 0 Å². The minimum Gasteiger partial charge on any atom is -0.493 e. The van der Waals surface area contributed by atoms with Gasteiger partial charge in [-0.2, -0.15) is 0 Å². The summed E-state index contributed by atoms with van der Waals surface area (Å²) in [6, 6.07) is 6.90. The lowest BCUT2D eigenvalue weighted by Gasteiger charge is -2.11. The zero-order valence-corrected chi connectivity index (χ0v) is 10.5. The first-order valence-corrected chi connectivity index (χ1v) is 6.18. The fourth-order valence-electron chi connectivity index (χ4n) is 1.83. The zero-order valence-electron chi connectivity index (χ0n) is 10.5. The molecule has 1 aromatic carbocycles. The normalized spacial score (nSPS) is 17.9. The smallest absolute Gasteiger partial charge is 0.223 e. The number of nitrogen functional groups attached to an aromatic ring is 1. The highest BCUT2D eigenvalue weighted by molar-refractivity contribution is 5.82. The molecule has 6 heteroatoms. The number of anilines is 1. The first-order valence-electron chi connectivity index (χ1n) is 6.18. The molecule has 2 rings (SSSR count). The maximum atomic E-state index is 11.6. The van der Waals surface area contributed by atoms with Crippen LogP contribution in [0.25, 0.3) is 0 Å². The molecule has 0 spiro atoms. The van der Waals surface area contributed by atoms with E-state index in [2.05, 4.69) is 10.6 Å². The highest BCUT2D eigenvalue weighted by Crippen LogP contribution is 2.13. The number of benzene rings is 1. The molecule has 19 heavy (non-hydrogen) atoms. The van der Waals surface area contributed by atoms with E-state index in [9.17, 15) is 9.59 Å². The van der Waals surface area contributed by atoms with Gasteiger partial charge < -0.3 is 21.1 Å². The van der Waals surface area contributed by atoms with E-state index in [1.165, 1.54) is 0 Å². The molecule has 2 amide bonds. The van der Waals surface area contributed by atoms with Crippen LogP contribution in [0.15, 0.2) is 24.3 Å². The topological polar surface area (TPSA) is 93.4 Å². The number of nitrogens with two attached hydrogens (primary N) is 1. The zero-order chi connectivity index (χ0) is 13.7. The van der Waals surface area contributed by atoms with E-state index in [0.29, 0.717) is 31.0 Å². The molecular weight excluding hydrogens is 246 g/mol. The van der Waals surface area contributed by atoms with Gasteiger partial charge in [0.25, 0.3) is 0 Å². The number of carbonyl (C=O) groups excluding carboxylic acids is 2. The molecular formula is C13H17N3O3. The fraction of sp³-hybridized carbons (Fsp3) is 0.385. The van der Waals surface area contributed by atoms with E-state index < -0.39 is 0 Å². The van der Waals surface area contributed by atoms with Crippen molar-refractivity contribution >= 4 is 17.5 Å². The molecule has 1 aliphatic heterocycles. The van der Waals surface area contributed by atoms with E-state index >= 15 is 0 Å². The first-order chi connectivity index (χ1) is 9.13. The van der Waals surface area contributed by atoms with Crippen LogP contribution in [0.5, 0.6) is 5.75 Å². The first kappa shape index (κ1) is 13.2. The van der Waals surface area contributed by atoms with Gasteiger partial charge in [0.05, 0.1) is 19.1 Å². The lowest BCUT2D eigenvalue weighted by atomic mass is 10.2. The van der Waals surface area contributed by atoms with Crippen LogP contribution in [0.1, 0.15) is 12.8 Å². The number of hydrogen-bond acceptors (Lipinski definition) is 4. The lowest BCUT2D eigenvalue weighted by Crippen LogP contribution is -2.36. The molecule has 0 aliphatic carbocycles. The number of nitrogens with one attached hydrogen (secondary N) is 2. The summed E-state index contributed by atoms with van der Waals surface area (Å²) >= 11 is 0. The molecule has 0 bridgehead atoms. The molecule has 1 unspecified atom stereocenters. The molecule has 6 nitrogen and oxygen atoms in total. The van der Waals surface area contributed by atoms with Gasteiger partial charge in [0.15, 0.2) is 0 Å². The van der Waals surface area contributed by atoms with E-state index in [-0.39, 0.29) is 24.3 Å². The molecule has 102 valence electrons. The summed E-state index contributed by atoms with van der Waals surface area (Å²) in [7, 11) is 0. The van der Waals surface area contributed by atoms with Gasteiger partial charge in [-0.25, -0.2) is 0 Å². The molecule has 1 saturated heterocycles. The Kier molecular flexibility index (Phi) is 4.22. The van der Waals surface area contributed by atoms with Crippen LogP contribution in [-0.4, -0.2) is 31.0 Å². The minimum atomic E-state index is -0.114. The van der Waals surface area contributed by atoms with Crippen LogP contribution >= 0.6 is 0 Å². The van der Waals surface area contributed by atoms with Gasteiger partial charge in [-0.1, -0.05) is 0 Å². The second kappa shape index (κ2) is 6.08. The predicted octanol–water partition coefficient (Wildman–Crippen LogP) is 0.0424. The minimum absolute atomic E-state index is 0.0246. The monoisotopic (exact) mass is 263 g/mol. The van der Waals surface area contributed by atoms with Crippen LogP contribution in [0.4, 0.5) is 5.69 Å². The van der Waals surface area contributed by atoms with Crippen molar-refractivity contribution in [2.24, 2.45) is 0 Å². The molecule has 0 radical (unpaired) electrons. The number of rotatable bonds is 5. The largest absolute Gasteiger partial charge is 0.493 e. The van der Waals surface area contributed by atoms with Crippen molar-refractivity contribution in [1.29, 1.82) is 0 Å². The molecule has 1 aliphatic rings. The second-order valence-electron chi connectivity index (χ2n) is 4.44. The van der Waals surface area contributed by atoms with Crippen LogP contribution < -0.4 is 21.1 Å². The predicted molar refractivity (Wildman–Crippen MR) is 70.5 cm³/mol. The van der Waals surface area contributed by atoms with E-state index in [1.54, 1.807) is 24.3 Å². The Morgan fingerprint density at radius 1 is 1.42 bits per heavy atom. The van der Waals surface area contributed by atoms with Gasteiger partial charge in [0.1, 0.15) is 5.75 Å². The molecule has 4 N–H and O–H groups in total. The van der Waals surface area contributed by atoms with Gasteiger partial charge >= 0.3 is 0 Å². The fourth-order valence-corrected chi connectivity index (χ4v) is 1.83. The summed E-state index contributed by atoms with van der Waals surface area (Å²) < 4.78 is 5.42.